The van der Waals surface area contributed by atoms with Crippen molar-refractivity contribution in [1.82, 2.24) is 29.7 Å². The van der Waals surface area contributed by atoms with E-state index in [4.69, 9.17) is 4.74 Å². The Morgan fingerprint density at radius 2 is 2.04 bits per heavy atom. The summed E-state index contributed by atoms with van der Waals surface area (Å²) in [5.41, 5.74) is 2.39. The number of ether oxygens (including phenoxy) is 2. The van der Waals surface area contributed by atoms with Gasteiger partial charge >= 0.3 is 5.97 Å². The van der Waals surface area contributed by atoms with Crippen LogP contribution < -0.4 is 4.74 Å². The van der Waals surface area contributed by atoms with Crippen LogP contribution in [0.5, 0.6) is 5.88 Å². The molecule has 9 nitrogen and oxygen atoms in total. The molecule has 25 heavy (non-hydrogen) atoms. The minimum atomic E-state index is -0.456. The Balaban J connectivity index is 1.61. The Bertz CT molecular complexity index is 745. The van der Waals surface area contributed by atoms with Gasteiger partial charge in [-0.15, -0.1) is 5.10 Å². The van der Waals surface area contributed by atoms with Crippen molar-refractivity contribution in [3.05, 3.63) is 23.1 Å². The van der Waals surface area contributed by atoms with Gasteiger partial charge in [0.15, 0.2) is 5.69 Å². The number of aryl methyl sites for hydroxylation is 2. The third-order valence-corrected chi connectivity index (χ3v) is 4.70. The molecule has 0 N–H and O–H groups in total. The summed E-state index contributed by atoms with van der Waals surface area (Å²) in [6, 6.07) is 0.249. The first-order valence-corrected chi connectivity index (χ1v) is 8.32. The molecule has 0 atom stereocenters. The molecule has 0 bridgehead atoms. The van der Waals surface area contributed by atoms with E-state index in [1.165, 1.54) is 7.11 Å². The Hall–Kier alpha value is -2.42. The molecule has 0 unspecified atom stereocenters. The number of hydrogen-bond donors (Lipinski definition) is 0. The van der Waals surface area contributed by atoms with Crippen molar-refractivity contribution in [1.29, 1.82) is 0 Å². The van der Waals surface area contributed by atoms with Gasteiger partial charge in [0.05, 0.1) is 37.7 Å². The van der Waals surface area contributed by atoms with Crippen molar-refractivity contribution in [2.45, 2.75) is 32.4 Å². The second-order valence-corrected chi connectivity index (χ2v) is 6.28. The molecule has 0 amide bonds. The molecule has 1 aliphatic rings. The molecule has 0 saturated carbocycles. The first-order valence-electron chi connectivity index (χ1n) is 8.32. The van der Waals surface area contributed by atoms with Gasteiger partial charge in [0.1, 0.15) is 0 Å². The van der Waals surface area contributed by atoms with E-state index in [1.54, 1.807) is 22.7 Å². The first kappa shape index (κ1) is 17.4. The zero-order valence-corrected chi connectivity index (χ0v) is 15.1. The molecule has 0 aliphatic carbocycles. The van der Waals surface area contributed by atoms with Crippen molar-refractivity contribution in [3.63, 3.8) is 0 Å². The number of rotatable bonds is 5. The number of piperidine rings is 1. The molecule has 136 valence electrons. The van der Waals surface area contributed by atoms with Crippen molar-refractivity contribution < 1.29 is 14.3 Å². The minimum absolute atomic E-state index is 0.249. The topological polar surface area (TPSA) is 87.3 Å². The van der Waals surface area contributed by atoms with Crippen LogP contribution in [0.2, 0.25) is 0 Å². The predicted molar refractivity (Wildman–Crippen MR) is 89.4 cm³/mol. The van der Waals surface area contributed by atoms with Crippen LogP contribution >= 0.6 is 0 Å². The standard InChI is InChI=1S/C16H24N6O3/c1-11-13(15(24-3)20(2)18-11)9-21-7-5-12(6-8-21)22-10-14(17-19-22)16(23)25-4/h10,12H,5-9H2,1-4H3. The molecule has 0 radical (unpaired) electrons. The van der Waals surface area contributed by atoms with E-state index in [0.717, 1.165) is 49.6 Å². The van der Waals surface area contributed by atoms with Crippen molar-refractivity contribution in [3.8, 4) is 5.88 Å². The number of carbonyl (C=O) groups is 1. The quantitative estimate of drug-likeness (QED) is 0.744. The molecule has 1 fully saturated rings. The van der Waals surface area contributed by atoms with Crippen LogP contribution in [0.15, 0.2) is 6.20 Å². The van der Waals surface area contributed by atoms with Gasteiger partial charge in [-0.1, -0.05) is 5.21 Å². The Morgan fingerprint density at radius 3 is 2.68 bits per heavy atom. The number of aromatic nitrogens is 5. The molecule has 1 saturated heterocycles. The number of nitrogens with zero attached hydrogens (tertiary/aromatic N) is 6. The number of hydrogen-bond acceptors (Lipinski definition) is 7. The van der Waals surface area contributed by atoms with Gasteiger partial charge in [0, 0.05) is 26.7 Å². The van der Waals surface area contributed by atoms with Crippen LogP contribution in [0.25, 0.3) is 0 Å². The molecule has 0 aromatic carbocycles. The van der Waals surface area contributed by atoms with Gasteiger partial charge in [0.25, 0.3) is 0 Å². The zero-order chi connectivity index (χ0) is 18.0. The van der Waals surface area contributed by atoms with E-state index in [-0.39, 0.29) is 11.7 Å². The van der Waals surface area contributed by atoms with Crippen molar-refractivity contribution >= 4 is 5.97 Å². The third-order valence-electron chi connectivity index (χ3n) is 4.70. The fourth-order valence-corrected chi connectivity index (χ4v) is 3.34. The second kappa shape index (κ2) is 7.22. The SMILES string of the molecule is COC(=O)c1cn(C2CCN(Cc3c(C)nn(C)c3OC)CC2)nn1. The molecule has 3 heterocycles. The van der Waals surface area contributed by atoms with Crippen molar-refractivity contribution in [2.75, 3.05) is 27.3 Å². The normalized spacial score (nSPS) is 16.2. The van der Waals surface area contributed by atoms with E-state index >= 15 is 0 Å². The summed E-state index contributed by atoms with van der Waals surface area (Å²) in [6.45, 7) is 4.71. The van der Waals surface area contributed by atoms with Crippen LogP contribution in [0, 0.1) is 6.92 Å². The zero-order valence-electron chi connectivity index (χ0n) is 15.1. The molecule has 9 heteroatoms. The van der Waals surface area contributed by atoms with E-state index in [1.807, 2.05) is 14.0 Å². The van der Waals surface area contributed by atoms with Crippen LogP contribution in [-0.2, 0) is 18.3 Å². The fraction of sp³-hybridized carbons (Fsp3) is 0.625. The Morgan fingerprint density at radius 1 is 1.32 bits per heavy atom. The molecule has 1 aliphatic heterocycles. The minimum Gasteiger partial charge on any atom is -0.481 e. The summed E-state index contributed by atoms with van der Waals surface area (Å²) in [7, 11) is 4.91. The van der Waals surface area contributed by atoms with Gasteiger partial charge in [-0.3, -0.25) is 4.90 Å². The molecular formula is C16H24N6O3. The van der Waals surface area contributed by atoms with Crippen LogP contribution in [0.4, 0.5) is 0 Å². The highest BCUT2D eigenvalue weighted by atomic mass is 16.5. The average Bonchev–Trinajstić information content (AvgIpc) is 3.20. The fourth-order valence-electron chi connectivity index (χ4n) is 3.34. The lowest BCUT2D eigenvalue weighted by Gasteiger charge is -2.31. The lowest BCUT2D eigenvalue weighted by atomic mass is 10.0. The maximum atomic E-state index is 11.5. The summed E-state index contributed by atoms with van der Waals surface area (Å²) in [4.78, 5) is 13.9. The molecule has 2 aromatic heterocycles. The van der Waals surface area contributed by atoms with Gasteiger partial charge in [0.2, 0.25) is 5.88 Å². The lowest BCUT2D eigenvalue weighted by molar-refractivity contribution is 0.0594. The maximum absolute atomic E-state index is 11.5. The summed E-state index contributed by atoms with van der Waals surface area (Å²) in [6.07, 6.45) is 3.57. The third kappa shape index (κ3) is 3.51. The highest BCUT2D eigenvalue weighted by Gasteiger charge is 2.25. The Labute approximate surface area is 146 Å². The van der Waals surface area contributed by atoms with E-state index in [2.05, 4.69) is 25.0 Å². The Kier molecular flexibility index (Phi) is 5.03. The van der Waals surface area contributed by atoms with Crippen LogP contribution in [-0.4, -0.2) is 63.0 Å². The summed E-state index contributed by atoms with van der Waals surface area (Å²) < 4.78 is 13.7. The number of methoxy groups -OCH3 is 2. The summed E-state index contributed by atoms with van der Waals surface area (Å²) in [5, 5.41) is 12.4. The highest BCUT2D eigenvalue weighted by molar-refractivity contribution is 5.86. The monoisotopic (exact) mass is 348 g/mol. The van der Waals surface area contributed by atoms with Crippen LogP contribution in [0.1, 0.15) is 40.6 Å². The maximum Gasteiger partial charge on any atom is 0.360 e. The molecule has 0 spiro atoms. The van der Waals surface area contributed by atoms with Crippen LogP contribution in [0.3, 0.4) is 0 Å². The largest absolute Gasteiger partial charge is 0.481 e. The van der Waals surface area contributed by atoms with Crippen molar-refractivity contribution in [2.24, 2.45) is 7.05 Å². The first-order chi connectivity index (χ1) is 12.0. The number of esters is 1. The summed E-state index contributed by atoms with van der Waals surface area (Å²) in [5.74, 6) is 0.362. The average molecular weight is 348 g/mol. The molecule has 3 rings (SSSR count). The summed E-state index contributed by atoms with van der Waals surface area (Å²) >= 11 is 0. The molecular weight excluding hydrogens is 324 g/mol. The number of carbonyl (C=O) groups excluding carboxylic acids is 1. The van der Waals surface area contributed by atoms with Gasteiger partial charge in [-0.2, -0.15) is 5.10 Å². The van der Waals surface area contributed by atoms with Gasteiger partial charge < -0.3 is 9.47 Å². The van der Waals surface area contributed by atoms with E-state index < -0.39 is 5.97 Å². The molecule has 2 aromatic rings. The second-order valence-electron chi connectivity index (χ2n) is 6.28. The van der Waals surface area contributed by atoms with Gasteiger partial charge in [-0.25, -0.2) is 14.2 Å². The smallest absolute Gasteiger partial charge is 0.360 e. The van der Waals surface area contributed by atoms with Gasteiger partial charge in [-0.05, 0) is 19.8 Å². The van der Waals surface area contributed by atoms with E-state index in [0.29, 0.717) is 0 Å². The number of likely N-dealkylation sites (tertiary alicyclic amines) is 1. The highest BCUT2D eigenvalue weighted by Crippen LogP contribution is 2.27. The van der Waals surface area contributed by atoms with E-state index in [9.17, 15) is 4.79 Å². The lowest BCUT2D eigenvalue weighted by Crippen LogP contribution is -2.34. The predicted octanol–water partition coefficient (Wildman–Crippen LogP) is 0.952.